The zero-order chi connectivity index (χ0) is 13.7. The molecule has 0 aliphatic rings. The number of hydrogen-bond acceptors (Lipinski definition) is 2. The van der Waals surface area contributed by atoms with Crippen molar-refractivity contribution in [1.82, 2.24) is 14.9 Å². The first kappa shape index (κ1) is 13.6. The van der Waals surface area contributed by atoms with Gasteiger partial charge >= 0.3 is 6.18 Å². The van der Waals surface area contributed by atoms with E-state index in [0.29, 0.717) is 13.1 Å². The summed E-state index contributed by atoms with van der Waals surface area (Å²) in [7, 11) is 0. The normalized spacial score (nSPS) is 11.7. The molecule has 0 fully saturated rings. The van der Waals surface area contributed by atoms with Crippen molar-refractivity contribution in [3.8, 4) is 0 Å². The Hall–Kier alpha value is -1.82. The van der Waals surface area contributed by atoms with E-state index in [1.807, 2.05) is 10.8 Å². The van der Waals surface area contributed by atoms with Crippen LogP contribution in [0.3, 0.4) is 0 Å². The summed E-state index contributed by atoms with van der Waals surface area (Å²) in [5.74, 6) is 0. The Bertz CT molecular complexity index is 506. The lowest BCUT2D eigenvalue weighted by Crippen LogP contribution is -2.21. The fourth-order valence-corrected chi connectivity index (χ4v) is 1.80. The van der Waals surface area contributed by atoms with Gasteiger partial charge < -0.3 is 9.88 Å². The maximum Gasteiger partial charge on any atom is 0.416 e. The molecule has 0 atom stereocenters. The summed E-state index contributed by atoms with van der Waals surface area (Å²) >= 11 is 0. The standard InChI is InChI=1S/C13H14F3N3/c14-13(15,16)12-4-2-1-3-11(12)9-17-5-7-19-8-6-18-10-19/h1-4,6,8,10,17H,5,7,9H2. The monoisotopic (exact) mass is 269 g/mol. The predicted octanol–water partition coefficient (Wildman–Crippen LogP) is 2.69. The Morgan fingerprint density at radius 1 is 1.21 bits per heavy atom. The smallest absolute Gasteiger partial charge is 0.336 e. The molecule has 1 N–H and O–H groups in total. The van der Waals surface area contributed by atoms with E-state index in [-0.39, 0.29) is 12.1 Å². The molecule has 2 aromatic rings. The molecule has 0 aliphatic heterocycles. The van der Waals surface area contributed by atoms with E-state index in [4.69, 9.17) is 0 Å². The molecule has 1 heterocycles. The number of nitrogens with one attached hydrogen (secondary N) is 1. The van der Waals surface area contributed by atoms with Gasteiger partial charge in [0.15, 0.2) is 0 Å². The van der Waals surface area contributed by atoms with Crippen molar-refractivity contribution in [1.29, 1.82) is 0 Å². The minimum Gasteiger partial charge on any atom is -0.336 e. The lowest BCUT2D eigenvalue weighted by Gasteiger charge is -2.13. The highest BCUT2D eigenvalue weighted by molar-refractivity contribution is 5.29. The highest BCUT2D eigenvalue weighted by Crippen LogP contribution is 2.31. The predicted molar refractivity (Wildman–Crippen MR) is 65.4 cm³/mol. The quantitative estimate of drug-likeness (QED) is 0.846. The van der Waals surface area contributed by atoms with Crippen molar-refractivity contribution < 1.29 is 13.2 Å². The van der Waals surface area contributed by atoms with Crippen LogP contribution in [0.5, 0.6) is 0 Å². The second kappa shape index (κ2) is 5.88. The minimum absolute atomic E-state index is 0.199. The maximum absolute atomic E-state index is 12.7. The molecule has 6 heteroatoms. The lowest BCUT2D eigenvalue weighted by atomic mass is 10.1. The topological polar surface area (TPSA) is 29.9 Å². The van der Waals surface area contributed by atoms with Gasteiger partial charge in [-0.2, -0.15) is 13.2 Å². The molecule has 0 radical (unpaired) electrons. The van der Waals surface area contributed by atoms with Gasteiger partial charge in [-0.25, -0.2) is 4.98 Å². The van der Waals surface area contributed by atoms with Gasteiger partial charge in [0.25, 0.3) is 0 Å². The molecule has 1 aromatic carbocycles. The van der Waals surface area contributed by atoms with Crippen LogP contribution in [0.25, 0.3) is 0 Å². The number of halogens is 3. The highest BCUT2D eigenvalue weighted by atomic mass is 19.4. The molecular formula is C13H14F3N3. The molecule has 0 bridgehead atoms. The van der Waals surface area contributed by atoms with Crippen molar-refractivity contribution in [2.45, 2.75) is 19.3 Å². The van der Waals surface area contributed by atoms with Crippen LogP contribution in [0.15, 0.2) is 43.0 Å². The van der Waals surface area contributed by atoms with Crippen LogP contribution < -0.4 is 5.32 Å². The molecule has 102 valence electrons. The van der Waals surface area contributed by atoms with Gasteiger partial charge in [0.05, 0.1) is 11.9 Å². The first-order valence-electron chi connectivity index (χ1n) is 5.89. The number of alkyl halides is 3. The molecule has 0 saturated carbocycles. The minimum atomic E-state index is -4.30. The zero-order valence-corrected chi connectivity index (χ0v) is 10.2. The Labute approximate surface area is 109 Å². The first-order chi connectivity index (χ1) is 9.07. The summed E-state index contributed by atoms with van der Waals surface area (Å²) in [6.45, 7) is 1.46. The Kier molecular flexibility index (Phi) is 4.21. The van der Waals surface area contributed by atoms with Crippen LogP contribution in [0.1, 0.15) is 11.1 Å². The number of aromatic nitrogens is 2. The second-order valence-corrected chi connectivity index (χ2v) is 4.13. The van der Waals surface area contributed by atoms with Crippen molar-refractivity contribution in [3.05, 3.63) is 54.1 Å². The van der Waals surface area contributed by atoms with E-state index >= 15 is 0 Å². The third kappa shape index (κ3) is 3.82. The van der Waals surface area contributed by atoms with E-state index in [1.54, 1.807) is 18.6 Å². The van der Waals surface area contributed by atoms with E-state index < -0.39 is 11.7 Å². The molecule has 0 amide bonds. The van der Waals surface area contributed by atoms with Gasteiger partial charge in [-0.05, 0) is 11.6 Å². The van der Waals surface area contributed by atoms with Crippen molar-refractivity contribution in [2.24, 2.45) is 0 Å². The average Bonchev–Trinajstić information content (AvgIpc) is 2.87. The number of benzene rings is 1. The first-order valence-corrected chi connectivity index (χ1v) is 5.89. The van der Waals surface area contributed by atoms with E-state index in [2.05, 4.69) is 10.3 Å². The van der Waals surface area contributed by atoms with Crippen LogP contribution in [0, 0.1) is 0 Å². The zero-order valence-electron chi connectivity index (χ0n) is 10.2. The van der Waals surface area contributed by atoms with Gasteiger partial charge in [-0.3, -0.25) is 0 Å². The molecular weight excluding hydrogens is 255 g/mol. The Morgan fingerprint density at radius 2 is 2.00 bits per heavy atom. The van der Waals surface area contributed by atoms with E-state index in [0.717, 1.165) is 6.07 Å². The Balaban J connectivity index is 1.89. The van der Waals surface area contributed by atoms with Crippen molar-refractivity contribution in [2.75, 3.05) is 6.54 Å². The fraction of sp³-hybridized carbons (Fsp3) is 0.308. The van der Waals surface area contributed by atoms with Crippen LogP contribution in [-0.2, 0) is 19.3 Å². The molecule has 0 aliphatic carbocycles. The Morgan fingerprint density at radius 3 is 2.68 bits per heavy atom. The summed E-state index contributed by atoms with van der Waals surface area (Å²) in [5, 5.41) is 3.00. The van der Waals surface area contributed by atoms with Crippen LogP contribution in [-0.4, -0.2) is 16.1 Å². The van der Waals surface area contributed by atoms with Gasteiger partial charge in [0.2, 0.25) is 0 Å². The van der Waals surface area contributed by atoms with Gasteiger partial charge in [0, 0.05) is 32.0 Å². The highest BCUT2D eigenvalue weighted by Gasteiger charge is 2.32. The molecule has 0 unspecified atom stereocenters. The third-order valence-corrected chi connectivity index (χ3v) is 2.74. The van der Waals surface area contributed by atoms with Gasteiger partial charge in [0.1, 0.15) is 0 Å². The summed E-state index contributed by atoms with van der Waals surface area (Å²) in [4.78, 5) is 3.89. The molecule has 19 heavy (non-hydrogen) atoms. The SMILES string of the molecule is FC(F)(F)c1ccccc1CNCCn1ccnc1. The van der Waals surface area contributed by atoms with Gasteiger partial charge in [-0.15, -0.1) is 0 Å². The van der Waals surface area contributed by atoms with E-state index in [1.165, 1.54) is 12.1 Å². The van der Waals surface area contributed by atoms with Gasteiger partial charge in [-0.1, -0.05) is 18.2 Å². The molecule has 2 rings (SSSR count). The summed E-state index contributed by atoms with van der Waals surface area (Å²) in [6, 6.07) is 5.61. The molecule has 0 spiro atoms. The molecule has 1 aromatic heterocycles. The average molecular weight is 269 g/mol. The molecule has 3 nitrogen and oxygen atoms in total. The molecule has 0 saturated heterocycles. The number of imidazole rings is 1. The number of rotatable bonds is 5. The summed E-state index contributed by atoms with van der Waals surface area (Å²) in [6.07, 6.45) is 0.845. The largest absolute Gasteiger partial charge is 0.416 e. The third-order valence-electron chi connectivity index (χ3n) is 2.74. The second-order valence-electron chi connectivity index (χ2n) is 4.13. The maximum atomic E-state index is 12.7. The number of hydrogen-bond donors (Lipinski definition) is 1. The number of nitrogens with zero attached hydrogens (tertiary/aromatic N) is 2. The fourth-order valence-electron chi connectivity index (χ4n) is 1.80. The van der Waals surface area contributed by atoms with E-state index in [9.17, 15) is 13.2 Å². The van der Waals surface area contributed by atoms with Crippen LogP contribution in [0.2, 0.25) is 0 Å². The van der Waals surface area contributed by atoms with Crippen molar-refractivity contribution in [3.63, 3.8) is 0 Å². The summed E-state index contributed by atoms with van der Waals surface area (Å²) < 4.78 is 40.1. The lowest BCUT2D eigenvalue weighted by molar-refractivity contribution is -0.138. The summed E-state index contributed by atoms with van der Waals surface area (Å²) in [5.41, 5.74) is -0.314. The van der Waals surface area contributed by atoms with Crippen LogP contribution in [0.4, 0.5) is 13.2 Å². The van der Waals surface area contributed by atoms with Crippen molar-refractivity contribution >= 4 is 0 Å². The van der Waals surface area contributed by atoms with Crippen LogP contribution >= 0.6 is 0 Å².